The molecule has 2 nitrogen and oxygen atoms in total. The van der Waals surface area contributed by atoms with E-state index in [1.54, 1.807) is 7.11 Å². The van der Waals surface area contributed by atoms with Crippen molar-refractivity contribution in [1.82, 2.24) is 0 Å². The standard InChI is InChI=1S/C12H14BNO/c1-15-13-12(7-2-8-12)11-5-3-10(9-14)4-6-11/h3-6,13H,2,7-8H2,1H3. The summed E-state index contributed by atoms with van der Waals surface area (Å²) in [5.74, 6) is 0. The van der Waals surface area contributed by atoms with Crippen molar-refractivity contribution < 1.29 is 4.65 Å². The molecule has 1 saturated carbocycles. The molecule has 0 heterocycles. The smallest absolute Gasteiger partial charge is 0.285 e. The van der Waals surface area contributed by atoms with Crippen LogP contribution in [0.25, 0.3) is 0 Å². The highest BCUT2D eigenvalue weighted by Gasteiger charge is 2.39. The second kappa shape index (κ2) is 4.08. The fourth-order valence-electron chi connectivity index (χ4n) is 2.29. The number of rotatable bonds is 3. The average Bonchev–Trinajstić information content (AvgIpc) is 2.24. The molecular weight excluding hydrogens is 185 g/mol. The van der Waals surface area contributed by atoms with E-state index in [1.807, 2.05) is 12.1 Å². The molecule has 0 saturated heterocycles. The molecule has 0 N–H and O–H groups in total. The first-order valence-corrected chi connectivity index (χ1v) is 5.30. The van der Waals surface area contributed by atoms with Crippen LogP contribution in [0.2, 0.25) is 0 Å². The Bertz CT molecular complexity index is 376. The van der Waals surface area contributed by atoms with Gasteiger partial charge >= 0.3 is 0 Å². The number of nitriles is 1. The van der Waals surface area contributed by atoms with Crippen LogP contribution in [0, 0.1) is 11.3 Å². The summed E-state index contributed by atoms with van der Waals surface area (Å²) in [7, 11) is 2.54. The third kappa shape index (κ3) is 1.78. The van der Waals surface area contributed by atoms with Gasteiger partial charge in [-0.05, 0) is 35.9 Å². The van der Waals surface area contributed by atoms with E-state index in [0.717, 1.165) is 13.0 Å². The number of nitrogens with zero attached hydrogens (tertiary/aromatic N) is 1. The van der Waals surface area contributed by atoms with Crippen LogP contribution in [0.5, 0.6) is 0 Å². The molecule has 0 spiro atoms. The van der Waals surface area contributed by atoms with Gasteiger partial charge in [0.2, 0.25) is 0 Å². The summed E-state index contributed by atoms with van der Waals surface area (Å²) in [6.45, 7) is 0. The Hall–Kier alpha value is -1.27. The molecule has 2 rings (SSSR count). The van der Waals surface area contributed by atoms with Crippen molar-refractivity contribution in [2.24, 2.45) is 0 Å². The van der Waals surface area contributed by atoms with Gasteiger partial charge in [-0.2, -0.15) is 5.26 Å². The highest BCUT2D eigenvalue weighted by molar-refractivity contribution is 6.33. The van der Waals surface area contributed by atoms with Gasteiger partial charge in [0, 0.05) is 7.11 Å². The highest BCUT2D eigenvalue weighted by Crippen LogP contribution is 2.42. The Balaban J connectivity index is 2.24. The summed E-state index contributed by atoms with van der Waals surface area (Å²) >= 11 is 0. The minimum Gasteiger partial charge on any atom is -0.441 e. The first-order chi connectivity index (χ1) is 7.30. The summed E-state index contributed by atoms with van der Waals surface area (Å²) in [5.41, 5.74) is 2.04. The first kappa shape index (κ1) is 10.3. The van der Waals surface area contributed by atoms with Gasteiger partial charge in [0.05, 0.1) is 11.6 Å². The van der Waals surface area contributed by atoms with E-state index in [4.69, 9.17) is 9.92 Å². The minimum atomic E-state index is 0.225. The molecule has 76 valence electrons. The monoisotopic (exact) mass is 199 g/mol. The van der Waals surface area contributed by atoms with Crippen LogP contribution >= 0.6 is 0 Å². The van der Waals surface area contributed by atoms with E-state index in [-0.39, 0.29) is 5.31 Å². The van der Waals surface area contributed by atoms with Crippen LogP contribution in [0.3, 0.4) is 0 Å². The van der Waals surface area contributed by atoms with Crippen molar-refractivity contribution in [3.8, 4) is 6.07 Å². The summed E-state index contributed by atoms with van der Waals surface area (Å²) < 4.78 is 5.30. The number of hydrogen-bond acceptors (Lipinski definition) is 2. The maximum Gasteiger partial charge on any atom is 0.285 e. The quantitative estimate of drug-likeness (QED) is 0.696. The lowest BCUT2D eigenvalue weighted by atomic mass is 9.48. The molecule has 1 aliphatic carbocycles. The molecule has 1 aliphatic rings. The summed E-state index contributed by atoms with van der Waals surface area (Å²) in [5, 5.41) is 8.96. The summed E-state index contributed by atoms with van der Waals surface area (Å²) in [6.07, 6.45) is 3.68. The Labute approximate surface area is 91.1 Å². The van der Waals surface area contributed by atoms with Crippen LogP contribution in [-0.2, 0) is 9.97 Å². The van der Waals surface area contributed by atoms with Gasteiger partial charge in [-0.3, -0.25) is 0 Å². The molecule has 1 aromatic carbocycles. The number of benzene rings is 1. The second-order valence-corrected chi connectivity index (χ2v) is 4.26. The Kier molecular flexibility index (Phi) is 2.79. The Morgan fingerprint density at radius 2 is 2.00 bits per heavy atom. The minimum absolute atomic E-state index is 0.225. The van der Waals surface area contributed by atoms with Crippen molar-refractivity contribution in [3.63, 3.8) is 0 Å². The molecular formula is C12H14BNO. The third-order valence-corrected chi connectivity index (χ3v) is 3.36. The zero-order chi connectivity index (χ0) is 10.7. The van der Waals surface area contributed by atoms with Gasteiger partial charge in [-0.25, -0.2) is 0 Å². The van der Waals surface area contributed by atoms with Crippen molar-refractivity contribution >= 4 is 7.48 Å². The molecule has 3 heteroatoms. The zero-order valence-electron chi connectivity index (χ0n) is 8.99. The van der Waals surface area contributed by atoms with Crippen molar-refractivity contribution in [3.05, 3.63) is 35.4 Å². The molecule has 0 amide bonds. The Morgan fingerprint density at radius 1 is 1.33 bits per heavy atom. The molecule has 0 radical (unpaired) electrons. The fraction of sp³-hybridized carbons (Fsp3) is 0.417. The van der Waals surface area contributed by atoms with Crippen LogP contribution in [0.4, 0.5) is 0 Å². The van der Waals surface area contributed by atoms with Gasteiger partial charge in [0.1, 0.15) is 0 Å². The lowest BCUT2D eigenvalue weighted by molar-refractivity contribution is 0.303. The fourth-order valence-corrected chi connectivity index (χ4v) is 2.29. The van der Waals surface area contributed by atoms with E-state index < -0.39 is 0 Å². The maximum absolute atomic E-state index is 8.73. The SMILES string of the molecule is COBC1(c2ccc(C#N)cc2)CCC1. The highest BCUT2D eigenvalue weighted by atomic mass is 16.4. The maximum atomic E-state index is 8.73. The number of hydrogen-bond donors (Lipinski definition) is 0. The van der Waals surface area contributed by atoms with Crippen molar-refractivity contribution in [2.75, 3.05) is 7.11 Å². The topological polar surface area (TPSA) is 33.0 Å². The normalized spacial score (nSPS) is 17.6. The molecule has 0 aromatic heterocycles. The lowest BCUT2D eigenvalue weighted by Crippen LogP contribution is -2.41. The van der Waals surface area contributed by atoms with Gasteiger partial charge in [-0.1, -0.05) is 18.6 Å². The molecule has 0 aliphatic heterocycles. The Morgan fingerprint density at radius 3 is 2.40 bits per heavy atom. The largest absolute Gasteiger partial charge is 0.441 e. The second-order valence-electron chi connectivity index (χ2n) is 4.26. The van der Waals surface area contributed by atoms with Gasteiger partial charge in [0.15, 0.2) is 0 Å². The average molecular weight is 199 g/mol. The van der Waals surface area contributed by atoms with Gasteiger partial charge < -0.3 is 4.65 Å². The lowest BCUT2D eigenvalue weighted by Gasteiger charge is -2.41. The van der Waals surface area contributed by atoms with Crippen LogP contribution < -0.4 is 0 Å². The van der Waals surface area contributed by atoms with E-state index in [9.17, 15) is 0 Å². The van der Waals surface area contributed by atoms with Crippen LogP contribution in [0.1, 0.15) is 30.4 Å². The predicted octanol–water partition coefficient (Wildman–Crippen LogP) is 1.94. The molecule has 1 fully saturated rings. The van der Waals surface area contributed by atoms with E-state index in [0.29, 0.717) is 0 Å². The molecule has 0 bridgehead atoms. The summed E-state index contributed by atoms with van der Waals surface area (Å²) in [6, 6.07) is 10.1. The van der Waals surface area contributed by atoms with Crippen molar-refractivity contribution in [1.29, 1.82) is 5.26 Å². The van der Waals surface area contributed by atoms with Gasteiger partial charge in [-0.15, -0.1) is 0 Å². The van der Waals surface area contributed by atoms with Crippen LogP contribution in [0.15, 0.2) is 24.3 Å². The third-order valence-electron chi connectivity index (χ3n) is 3.36. The summed E-state index contributed by atoms with van der Waals surface area (Å²) in [4.78, 5) is 0. The first-order valence-electron chi connectivity index (χ1n) is 5.30. The van der Waals surface area contributed by atoms with Crippen LogP contribution in [-0.4, -0.2) is 14.6 Å². The molecule has 1 aromatic rings. The van der Waals surface area contributed by atoms with E-state index in [2.05, 4.69) is 18.2 Å². The molecule has 15 heavy (non-hydrogen) atoms. The predicted molar refractivity (Wildman–Crippen MR) is 60.8 cm³/mol. The van der Waals surface area contributed by atoms with Crippen molar-refractivity contribution in [2.45, 2.75) is 24.6 Å². The zero-order valence-corrected chi connectivity index (χ0v) is 8.99. The van der Waals surface area contributed by atoms with Gasteiger partial charge in [0.25, 0.3) is 7.48 Å². The molecule has 0 unspecified atom stereocenters. The van der Waals surface area contributed by atoms with E-state index >= 15 is 0 Å². The van der Waals surface area contributed by atoms with E-state index in [1.165, 1.54) is 24.8 Å². The molecule has 0 atom stereocenters.